The number of nitrogens with zero attached hydrogens (tertiary/aromatic N) is 3. The number of benzene rings is 1. The number of anilines is 2. The third kappa shape index (κ3) is 3.31. The zero-order valence-electron chi connectivity index (χ0n) is 16.4. The normalized spacial score (nSPS) is 15.5. The van der Waals surface area contributed by atoms with Crippen LogP contribution in [0.1, 0.15) is 24.0 Å². The minimum atomic E-state index is -0.663. The minimum Gasteiger partial charge on any atom is -0.344 e. The van der Waals surface area contributed by atoms with Gasteiger partial charge in [-0.25, -0.2) is 9.78 Å². The van der Waals surface area contributed by atoms with Gasteiger partial charge in [-0.2, -0.15) is 0 Å². The fourth-order valence-corrected chi connectivity index (χ4v) is 4.60. The highest BCUT2D eigenvalue weighted by Gasteiger charge is 2.36. The molecule has 0 aliphatic carbocycles. The van der Waals surface area contributed by atoms with E-state index in [1.165, 1.54) is 23.0 Å². The zero-order chi connectivity index (χ0) is 21.6. The summed E-state index contributed by atoms with van der Waals surface area (Å²) in [5.74, 6) is -0.637. The van der Waals surface area contributed by atoms with Crippen molar-refractivity contribution in [1.82, 2.24) is 14.1 Å². The Bertz CT molecular complexity index is 1310. The van der Waals surface area contributed by atoms with Gasteiger partial charge < -0.3 is 5.32 Å². The van der Waals surface area contributed by atoms with Crippen molar-refractivity contribution in [3.8, 4) is 0 Å². The number of halogens is 1. The summed E-state index contributed by atoms with van der Waals surface area (Å²) < 4.78 is 3.27. The van der Waals surface area contributed by atoms with E-state index in [0.29, 0.717) is 27.8 Å². The molecule has 3 aromatic rings. The molecule has 3 heterocycles. The molecule has 1 atom stereocenters. The van der Waals surface area contributed by atoms with Crippen LogP contribution < -0.4 is 21.9 Å². The van der Waals surface area contributed by atoms with Gasteiger partial charge in [-0.15, -0.1) is 11.3 Å². The Morgan fingerprint density at radius 3 is 2.70 bits per heavy atom. The molecule has 2 N–H and O–H groups in total. The van der Waals surface area contributed by atoms with Gasteiger partial charge in [0.1, 0.15) is 5.82 Å². The third-order valence-corrected chi connectivity index (χ3v) is 6.25. The Balaban J connectivity index is 1.98. The van der Waals surface area contributed by atoms with E-state index in [0.717, 1.165) is 14.6 Å². The lowest BCUT2D eigenvalue weighted by molar-refractivity contribution is -0.113. The fraction of sp³-hybridized carbons (Fsp3) is 0.200. The predicted molar refractivity (Wildman–Crippen MR) is 120 cm³/mol. The van der Waals surface area contributed by atoms with E-state index in [4.69, 9.17) is 0 Å². The van der Waals surface area contributed by atoms with Crippen LogP contribution in [0.3, 0.4) is 0 Å². The van der Waals surface area contributed by atoms with E-state index < -0.39 is 17.2 Å². The molecule has 1 unspecified atom stereocenters. The van der Waals surface area contributed by atoms with Gasteiger partial charge in [-0.1, -0.05) is 28.1 Å². The smallest absolute Gasteiger partial charge is 0.332 e. The van der Waals surface area contributed by atoms with E-state index in [1.54, 1.807) is 25.5 Å². The van der Waals surface area contributed by atoms with Crippen molar-refractivity contribution in [3.63, 3.8) is 0 Å². The summed E-state index contributed by atoms with van der Waals surface area (Å²) >= 11 is 4.78. The minimum absolute atomic E-state index is 0.340. The van der Waals surface area contributed by atoms with Crippen molar-refractivity contribution < 1.29 is 4.79 Å². The van der Waals surface area contributed by atoms with Crippen molar-refractivity contribution in [2.45, 2.75) is 12.8 Å². The first-order chi connectivity index (χ1) is 14.3. The first kappa shape index (κ1) is 20.3. The molecule has 1 aliphatic rings. The third-order valence-electron chi connectivity index (χ3n) is 5.07. The molecule has 1 amide bonds. The molecule has 0 radical (unpaired) electrons. The van der Waals surface area contributed by atoms with Crippen molar-refractivity contribution in [3.05, 3.63) is 83.6 Å². The Morgan fingerprint density at radius 2 is 2.03 bits per heavy atom. The molecule has 0 saturated carbocycles. The second-order valence-electron chi connectivity index (χ2n) is 6.91. The number of rotatable bonds is 3. The maximum absolute atomic E-state index is 13.3. The summed E-state index contributed by atoms with van der Waals surface area (Å²) in [5, 5.41) is 8.14. The molecule has 2 aromatic heterocycles. The van der Waals surface area contributed by atoms with E-state index in [2.05, 4.69) is 31.5 Å². The van der Waals surface area contributed by atoms with Crippen LogP contribution in [0.4, 0.5) is 10.9 Å². The van der Waals surface area contributed by atoms with Gasteiger partial charge in [-0.05, 0) is 24.6 Å². The SMILES string of the molecule is CC1=C(C(=O)Nc2nccs2)C(c2cccc(Br)c2)c2c(n(C)c(=O)n(C)c2=O)N1. The molecule has 10 heteroatoms. The zero-order valence-corrected chi connectivity index (χ0v) is 18.8. The maximum Gasteiger partial charge on any atom is 0.332 e. The van der Waals surface area contributed by atoms with Gasteiger partial charge in [0.2, 0.25) is 0 Å². The predicted octanol–water partition coefficient (Wildman–Crippen LogP) is 2.77. The number of hydrogen-bond acceptors (Lipinski definition) is 6. The lowest BCUT2D eigenvalue weighted by atomic mass is 9.82. The van der Waals surface area contributed by atoms with Crippen LogP contribution in [0.2, 0.25) is 0 Å². The van der Waals surface area contributed by atoms with Gasteiger partial charge in [0, 0.05) is 41.4 Å². The van der Waals surface area contributed by atoms with E-state index in [9.17, 15) is 14.4 Å². The second-order valence-corrected chi connectivity index (χ2v) is 8.72. The highest BCUT2D eigenvalue weighted by molar-refractivity contribution is 9.10. The molecule has 0 spiro atoms. The number of amides is 1. The van der Waals surface area contributed by atoms with Crippen LogP contribution in [0.15, 0.2) is 61.2 Å². The fourth-order valence-electron chi connectivity index (χ4n) is 3.66. The summed E-state index contributed by atoms with van der Waals surface area (Å²) in [7, 11) is 3.03. The molecular formula is C20H18BrN5O3S. The number of carbonyl (C=O) groups excluding carboxylic acids is 1. The van der Waals surface area contributed by atoms with Crippen LogP contribution in [0, 0.1) is 0 Å². The molecule has 154 valence electrons. The Morgan fingerprint density at radius 1 is 1.27 bits per heavy atom. The van der Waals surface area contributed by atoms with Crippen LogP contribution in [0.25, 0.3) is 0 Å². The number of hydrogen-bond donors (Lipinski definition) is 2. The van der Waals surface area contributed by atoms with Gasteiger partial charge in [0.05, 0.1) is 11.5 Å². The molecule has 8 nitrogen and oxygen atoms in total. The highest BCUT2D eigenvalue weighted by atomic mass is 79.9. The molecule has 0 saturated heterocycles. The van der Waals surface area contributed by atoms with Gasteiger partial charge in [0.25, 0.3) is 11.5 Å². The number of aromatic nitrogens is 3. The van der Waals surface area contributed by atoms with Gasteiger partial charge >= 0.3 is 5.69 Å². The number of fused-ring (bicyclic) bond motifs is 1. The largest absolute Gasteiger partial charge is 0.344 e. The van der Waals surface area contributed by atoms with Crippen molar-refractivity contribution in [2.75, 3.05) is 10.6 Å². The summed E-state index contributed by atoms with van der Waals surface area (Å²) in [6.07, 6.45) is 1.60. The maximum atomic E-state index is 13.3. The molecule has 30 heavy (non-hydrogen) atoms. The molecule has 0 fully saturated rings. The molecule has 1 aromatic carbocycles. The number of carbonyl (C=O) groups is 1. The highest BCUT2D eigenvalue weighted by Crippen LogP contribution is 2.40. The lowest BCUT2D eigenvalue weighted by Gasteiger charge is -2.31. The van der Waals surface area contributed by atoms with Crippen LogP contribution in [-0.2, 0) is 18.9 Å². The number of allylic oxidation sites excluding steroid dienone is 1. The van der Waals surface area contributed by atoms with Crippen molar-refractivity contribution in [1.29, 1.82) is 0 Å². The average Bonchev–Trinajstić information content (AvgIpc) is 3.22. The topological polar surface area (TPSA) is 98.0 Å². The summed E-state index contributed by atoms with van der Waals surface area (Å²) in [5.41, 5.74) is 1.16. The Kier molecular flexibility index (Phi) is 5.20. The summed E-state index contributed by atoms with van der Waals surface area (Å²) in [6, 6.07) is 7.45. The quantitative estimate of drug-likeness (QED) is 0.591. The van der Waals surface area contributed by atoms with Crippen LogP contribution in [0.5, 0.6) is 0 Å². The van der Waals surface area contributed by atoms with Gasteiger partial charge in [0.15, 0.2) is 5.13 Å². The van der Waals surface area contributed by atoms with Crippen molar-refractivity contribution >= 4 is 44.1 Å². The molecule has 1 aliphatic heterocycles. The van der Waals surface area contributed by atoms with Crippen LogP contribution in [-0.4, -0.2) is 20.0 Å². The number of thiazole rings is 1. The second kappa shape index (κ2) is 7.69. The number of nitrogens with one attached hydrogen (secondary N) is 2. The Hall–Kier alpha value is -2.98. The van der Waals surface area contributed by atoms with E-state index >= 15 is 0 Å². The van der Waals surface area contributed by atoms with Crippen LogP contribution >= 0.6 is 27.3 Å². The van der Waals surface area contributed by atoms with E-state index in [-0.39, 0.29) is 5.91 Å². The molecular weight excluding hydrogens is 470 g/mol. The van der Waals surface area contributed by atoms with Gasteiger partial charge in [-0.3, -0.25) is 24.0 Å². The Labute approximate surface area is 184 Å². The monoisotopic (exact) mass is 487 g/mol. The summed E-state index contributed by atoms with van der Waals surface area (Å²) in [6.45, 7) is 1.76. The lowest BCUT2D eigenvalue weighted by Crippen LogP contribution is -2.43. The summed E-state index contributed by atoms with van der Waals surface area (Å²) in [4.78, 5) is 43.0. The first-order valence-corrected chi connectivity index (χ1v) is 10.7. The average molecular weight is 488 g/mol. The van der Waals surface area contributed by atoms with E-state index in [1.807, 2.05) is 24.3 Å². The first-order valence-electron chi connectivity index (χ1n) is 9.03. The van der Waals surface area contributed by atoms with Crippen molar-refractivity contribution in [2.24, 2.45) is 14.1 Å². The standard InChI is InChI=1S/C20H18BrN5O3S/c1-10-13(17(27)24-19-22-7-8-30-19)14(11-5-4-6-12(21)9-11)15-16(23-10)25(2)20(29)26(3)18(15)28/h4-9,14,23H,1-3H3,(H,22,24,27). The molecule has 0 bridgehead atoms. The molecule has 4 rings (SSSR count).